The van der Waals surface area contributed by atoms with Crippen molar-refractivity contribution in [3.05, 3.63) is 35.4 Å². The predicted molar refractivity (Wildman–Crippen MR) is 73.6 cm³/mol. The maximum atomic E-state index is 11.9. The molecule has 0 saturated heterocycles. The van der Waals surface area contributed by atoms with Crippen molar-refractivity contribution in [1.82, 2.24) is 0 Å². The monoisotopic (exact) mass is 262 g/mol. The van der Waals surface area contributed by atoms with Gasteiger partial charge in [0.25, 0.3) is 0 Å². The molecule has 0 aliphatic heterocycles. The molecule has 1 aliphatic carbocycles. The molecular weight excluding hydrogens is 240 g/mol. The van der Waals surface area contributed by atoms with Crippen molar-refractivity contribution in [3.63, 3.8) is 0 Å². The summed E-state index contributed by atoms with van der Waals surface area (Å²) < 4.78 is 0. The van der Waals surface area contributed by atoms with Crippen LogP contribution in [0.1, 0.15) is 49.0 Å². The number of benzene rings is 1. The summed E-state index contributed by atoms with van der Waals surface area (Å²) in [6.45, 7) is 6.38. The van der Waals surface area contributed by atoms with E-state index in [0.717, 1.165) is 30.7 Å². The minimum absolute atomic E-state index is 0.0409. The molecular formula is C16H22O3. The van der Waals surface area contributed by atoms with E-state index < -0.39 is 5.97 Å². The molecule has 1 aromatic carbocycles. The number of hydrogen-bond acceptors (Lipinski definition) is 3. The van der Waals surface area contributed by atoms with Gasteiger partial charge in [-0.25, -0.2) is 4.79 Å². The summed E-state index contributed by atoms with van der Waals surface area (Å²) in [7, 11) is 0. The molecule has 0 radical (unpaired) electrons. The first-order chi connectivity index (χ1) is 9.08. The molecule has 0 bridgehead atoms. The highest BCUT2D eigenvalue weighted by molar-refractivity contribution is 5.90. The largest absolute Gasteiger partial charge is 0.373 e. The molecule has 0 aromatic heterocycles. The second-order valence-corrected chi connectivity index (χ2v) is 5.67. The molecule has 0 heterocycles. The Balaban J connectivity index is 1.86. The van der Waals surface area contributed by atoms with E-state index in [1.807, 2.05) is 25.1 Å². The van der Waals surface area contributed by atoms with Gasteiger partial charge < -0.3 is 0 Å². The molecule has 19 heavy (non-hydrogen) atoms. The maximum absolute atomic E-state index is 11.9. The fourth-order valence-electron chi connectivity index (χ4n) is 2.54. The normalized spacial score (nSPS) is 27.0. The Kier molecular flexibility index (Phi) is 4.59. The van der Waals surface area contributed by atoms with Gasteiger partial charge in [-0.2, -0.15) is 4.89 Å². The van der Waals surface area contributed by atoms with E-state index in [-0.39, 0.29) is 6.10 Å². The smallest absolute Gasteiger partial charge is 0.293 e. The van der Waals surface area contributed by atoms with E-state index in [9.17, 15) is 4.79 Å². The topological polar surface area (TPSA) is 35.5 Å². The van der Waals surface area contributed by atoms with E-state index in [2.05, 4.69) is 13.8 Å². The van der Waals surface area contributed by atoms with Crippen LogP contribution in [0, 0.1) is 18.8 Å². The van der Waals surface area contributed by atoms with Gasteiger partial charge in [-0.05, 0) is 49.7 Å². The van der Waals surface area contributed by atoms with Crippen molar-refractivity contribution in [2.45, 2.75) is 46.1 Å². The lowest BCUT2D eigenvalue weighted by molar-refractivity contribution is -0.283. The Bertz CT molecular complexity index is 441. The molecule has 104 valence electrons. The van der Waals surface area contributed by atoms with Crippen LogP contribution in [-0.4, -0.2) is 12.1 Å². The third-order valence-electron chi connectivity index (χ3n) is 4.17. The highest BCUT2D eigenvalue weighted by atomic mass is 17.2. The van der Waals surface area contributed by atoms with Crippen LogP contribution < -0.4 is 0 Å². The molecule has 3 nitrogen and oxygen atoms in total. The molecule has 1 saturated carbocycles. The van der Waals surface area contributed by atoms with Crippen molar-refractivity contribution in [2.75, 3.05) is 0 Å². The Morgan fingerprint density at radius 3 is 2.58 bits per heavy atom. The van der Waals surface area contributed by atoms with Crippen LogP contribution in [0.3, 0.4) is 0 Å². The lowest BCUT2D eigenvalue weighted by Crippen LogP contribution is -2.27. The van der Waals surface area contributed by atoms with E-state index >= 15 is 0 Å². The summed E-state index contributed by atoms with van der Waals surface area (Å²) >= 11 is 0. The fraction of sp³-hybridized carbons (Fsp3) is 0.562. The maximum Gasteiger partial charge on any atom is 0.373 e. The van der Waals surface area contributed by atoms with Gasteiger partial charge in [-0.1, -0.05) is 32.0 Å². The van der Waals surface area contributed by atoms with E-state index in [0.29, 0.717) is 11.5 Å². The molecule has 3 unspecified atom stereocenters. The zero-order valence-corrected chi connectivity index (χ0v) is 11.9. The molecule has 3 heteroatoms. The second-order valence-electron chi connectivity index (χ2n) is 5.67. The number of rotatable bonds is 3. The summed E-state index contributed by atoms with van der Waals surface area (Å²) in [4.78, 5) is 22.2. The van der Waals surface area contributed by atoms with Gasteiger partial charge in [0.05, 0.1) is 5.56 Å². The third-order valence-corrected chi connectivity index (χ3v) is 4.17. The lowest BCUT2D eigenvalue weighted by atomic mass is 9.80. The van der Waals surface area contributed by atoms with Gasteiger partial charge >= 0.3 is 5.97 Å². The van der Waals surface area contributed by atoms with Crippen molar-refractivity contribution >= 4 is 5.97 Å². The van der Waals surface area contributed by atoms with Crippen LogP contribution in [0.2, 0.25) is 0 Å². The molecule has 1 aliphatic rings. The van der Waals surface area contributed by atoms with E-state index in [1.165, 1.54) is 0 Å². The van der Waals surface area contributed by atoms with Crippen molar-refractivity contribution in [1.29, 1.82) is 0 Å². The van der Waals surface area contributed by atoms with Crippen LogP contribution in [0.5, 0.6) is 0 Å². The molecule has 0 amide bonds. The Hall–Kier alpha value is -1.35. The minimum Gasteiger partial charge on any atom is -0.293 e. The average molecular weight is 262 g/mol. The van der Waals surface area contributed by atoms with Crippen molar-refractivity contribution in [2.24, 2.45) is 11.8 Å². The molecule has 3 atom stereocenters. The zero-order valence-electron chi connectivity index (χ0n) is 11.9. The Morgan fingerprint density at radius 1 is 1.16 bits per heavy atom. The Morgan fingerprint density at radius 2 is 1.89 bits per heavy atom. The van der Waals surface area contributed by atoms with E-state index in [4.69, 9.17) is 9.78 Å². The second kappa shape index (κ2) is 6.20. The fourth-order valence-corrected chi connectivity index (χ4v) is 2.54. The van der Waals surface area contributed by atoms with E-state index in [1.54, 1.807) is 6.07 Å². The van der Waals surface area contributed by atoms with Crippen molar-refractivity contribution in [3.8, 4) is 0 Å². The minimum atomic E-state index is -0.399. The van der Waals surface area contributed by atoms with Crippen LogP contribution in [0.4, 0.5) is 0 Å². The molecule has 0 spiro atoms. The third kappa shape index (κ3) is 3.57. The first-order valence-corrected chi connectivity index (χ1v) is 7.01. The summed E-state index contributed by atoms with van der Waals surface area (Å²) in [5, 5.41) is 0. The highest BCUT2D eigenvalue weighted by Gasteiger charge is 2.27. The lowest BCUT2D eigenvalue weighted by Gasteiger charge is -2.30. The molecule has 0 N–H and O–H groups in total. The van der Waals surface area contributed by atoms with Gasteiger partial charge in [0.2, 0.25) is 0 Å². The van der Waals surface area contributed by atoms with Gasteiger partial charge in [-0.3, -0.25) is 4.89 Å². The summed E-state index contributed by atoms with van der Waals surface area (Å²) in [5.74, 6) is 0.951. The van der Waals surface area contributed by atoms with Crippen molar-refractivity contribution < 1.29 is 14.6 Å². The van der Waals surface area contributed by atoms with Gasteiger partial charge in [0, 0.05) is 0 Å². The van der Waals surface area contributed by atoms with Crippen LogP contribution in [0.15, 0.2) is 24.3 Å². The predicted octanol–water partition coefficient (Wildman–Crippen LogP) is 3.91. The van der Waals surface area contributed by atoms with Gasteiger partial charge in [0.1, 0.15) is 6.10 Å². The highest BCUT2D eigenvalue weighted by Crippen LogP contribution is 2.31. The summed E-state index contributed by atoms with van der Waals surface area (Å²) in [6.07, 6.45) is 3.10. The number of carbonyl (C=O) groups is 1. The number of aryl methyl sites for hydroxylation is 1. The first kappa shape index (κ1) is 14.1. The molecule has 1 fully saturated rings. The first-order valence-electron chi connectivity index (χ1n) is 7.01. The zero-order chi connectivity index (χ0) is 13.8. The van der Waals surface area contributed by atoms with Gasteiger partial charge in [-0.15, -0.1) is 0 Å². The standard InChI is InChI=1S/C16H22O3/c1-11-8-9-14(10-13(11)3)18-19-16(17)15-7-5-4-6-12(15)2/h4-7,11,13-14H,8-10H2,1-3H3. The van der Waals surface area contributed by atoms with Crippen LogP contribution >= 0.6 is 0 Å². The quantitative estimate of drug-likeness (QED) is 0.612. The number of carbonyl (C=O) groups excluding carboxylic acids is 1. The van der Waals surface area contributed by atoms with Crippen LogP contribution in [0.25, 0.3) is 0 Å². The average Bonchev–Trinajstić information content (AvgIpc) is 2.40. The Labute approximate surface area is 114 Å². The summed E-state index contributed by atoms with van der Waals surface area (Å²) in [6, 6.07) is 7.37. The molecule has 1 aromatic rings. The number of hydrogen-bond donors (Lipinski definition) is 0. The SMILES string of the molecule is Cc1ccccc1C(=O)OOC1CCC(C)C(C)C1. The van der Waals surface area contributed by atoms with Gasteiger partial charge in [0.15, 0.2) is 0 Å². The summed E-state index contributed by atoms with van der Waals surface area (Å²) in [5.41, 5.74) is 1.47. The van der Waals surface area contributed by atoms with Crippen LogP contribution in [-0.2, 0) is 9.78 Å². The molecule has 2 rings (SSSR count).